The summed E-state index contributed by atoms with van der Waals surface area (Å²) < 4.78 is 13.1. The Kier molecular flexibility index (Phi) is 7.13. The molecule has 7 rings (SSSR count). The maximum atomic E-state index is 13.6. The Morgan fingerprint density at radius 1 is 1.14 bits per heavy atom. The molecular weight excluding hydrogens is 524 g/mol. The molecule has 1 amide bonds. The van der Waals surface area contributed by atoms with Crippen molar-refractivity contribution >= 4 is 6.09 Å². The molecule has 4 aliphatic carbocycles. The SMILES string of the molecule is CC1=C2C[C@H]3[C@@H](CC[C@@H]4CC(N=[N+]=[N-])CC[C@@]43C)[C@@H]2CC[C@]12O[C@@H]1C[C@H](C)CN(C(=O)OCc3ccccc3)[C@H]1[C@H]2C. The quantitative estimate of drug-likeness (QED) is 0.158. The van der Waals surface area contributed by atoms with Gasteiger partial charge in [0, 0.05) is 23.4 Å². The second kappa shape index (κ2) is 10.6. The molecule has 5 fully saturated rings. The standard InChI is InChI=1S/C35H48N4O3/c1-21-16-31-32(39(19-21)33(40)41-20-24-8-6-5-7-9-24)23(3)35(42-31)15-13-27-28-11-10-25-17-26(37-38-36)12-14-34(25,4)30(28)18-29(27)22(35)2/h5-9,21,23,25-28,30-32H,10-20H2,1-4H3/t21-,23+,25+,26?,27-,28-,30-,31+,32-,34-,35-/m0/s1. The molecule has 0 aromatic heterocycles. The molecule has 1 spiro atoms. The molecule has 1 unspecified atom stereocenters. The minimum atomic E-state index is -0.282. The van der Waals surface area contributed by atoms with Gasteiger partial charge in [0.05, 0.1) is 17.7 Å². The highest BCUT2D eigenvalue weighted by Crippen LogP contribution is 2.66. The first-order chi connectivity index (χ1) is 20.2. The molecule has 2 heterocycles. The van der Waals surface area contributed by atoms with Crippen LogP contribution in [0.25, 0.3) is 10.4 Å². The van der Waals surface area contributed by atoms with Gasteiger partial charge in [-0.1, -0.05) is 61.8 Å². The smallest absolute Gasteiger partial charge is 0.410 e. The maximum Gasteiger partial charge on any atom is 0.410 e. The minimum absolute atomic E-state index is 0.0538. The third kappa shape index (κ3) is 4.32. The van der Waals surface area contributed by atoms with E-state index in [1.54, 1.807) is 5.57 Å². The van der Waals surface area contributed by atoms with Crippen LogP contribution in [0.5, 0.6) is 0 Å². The first-order valence-corrected chi connectivity index (χ1v) is 16.6. The number of nitrogens with zero attached hydrogens (tertiary/aromatic N) is 4. The predicted octanol–water partition coefficient (Wildman–Crippen LogP) is 8.45. The van der Waals surface area contributed by atoms with Crippen LogP contribution in [-0.4, -0.2) is 41.3 Å². The number of allylic oxidation sites excluding steroid dienone is 1. The molecule has 7 heteroatoms. The monoisotopic (exact) mass is 572 g/mol. The number of benzene rings is 1. The largest absolute Gasteiger partial charge is 0.445 e. The lowest BCUT2D eigenvalue weighted by atomic mass is 9.52. The highest BCUT2D eigenvalue weighted by Gasteiger charge is 2.63. The van der Waals surface area contributed by atoms with Gasteiger partial charge >= 0.3 is 6.09 Å². The van der Waals surface area contributed by atoms with Crippen molar-refractivity contribution in [3.05, 3.63) is 57.5 Å². The maximum absolute atomic E-state index is 13.6. The summed E-state index contributed by atoms with van der Waals surface area (Å²) in [7, 11) is 0. The minimum Gasteiger partial charge on any atom is -0.445 e. The molecule has 6 aliphatic rings. The Morgan fingerprint density at radius 2 is 1.95 bits per heavy atom. The Labute approximate surface area is 251 Å². The summed E-state index contributed by atoms with van der Waals surface area (Å²) >= 11 is 0. The second-order valence-corrected chi connectivity index (χ2v) is 15.0. The fourth-order valence-electron chi connectivity index (χ4n) is 11.1. The average Bonchev–Trinajstić information content (AvgIpc) is 3.51. The van der Waals surface area contributed by atoms with Crippen LogP contribution in [0.1, 0.15) is 91.0 Å². The van der Waals surface area contributed by atoms with E-state index in [0.29, 0.717) is 29.8 Å². The molecule has 1 aromatic rings. The van der Waals surface area contributed by atoms with Crippen molar-refractivity contribution in [1.29, 1.82) is 0 Å². The van der Waals surface area contributed by atoms with Crippen molar-refractivity contribution in [2.24, 2.45) is 46.0 Å². The Morgan fingerprint density at radius 3 is 2.74 bits per heavy atom. The number of fused-ring (bicyclic) bond motifs is 6. The normalized spacial score (nSPS) is 44.1. The van der Waals surface area contributed by atoms with Crippen LogP contribution in [0.3, 0.4) is 0 Å². The molecule has 2 aliphatic heterocycles. The lowest BCUT2D eigenvalue weighted by Gasteiger charge is -2.53. The lowest BCUT2D eigenvalue weighted by Crippen LogP contribution is -2.54. The van der Waals surface area contributed by atoms with Gasteiger partial charge in [-0.25, -0.2) is 4.79 Å². The molecule has 0 bridgehead atoms. The van der Waals surface area contributed by atoms with E-state index in [2.05, 4.69) is 37.7 Å². The van der Waals surface area contributed by atoms with E-state index in [0.717, 1.165) is 49.6 Å². The number of hydrogen-bond donors (Lipinski definition) is 0. The molecule has 3 saturated carbocycles. The molecule has 42 heavy (non-hydrogen) atoms. The first kappa shape index (κ1) is 28.3. The number of ether oxygens (including phenoxy) is 2. The van der Waals surface area contributed by atoms with E-state index in [1.165, 1.54) is 37.7 Å². The Bertz CT molecular complexity index is 1290. The van der Waals surface area contributed by atoms with Crippen LogP contribution in [0.2, 0.25) is 0 Å². The molecule has 0 radical (unpaired) electrons. The first-order valence-electron chi connectivity index (χ1n) is 16.6. The van der Waals surface area contributed by atoms with Crippen LogP contribution in [-0.2, 0) is 16.1 Å². The van der Waals surface area contributed by atoms with Crippen LogP contribution >= 0.6 is 0 Å². The highest BCUT2D eigenvalue weighted by atomic mass is 16.6. The van der Waals surface area contributed by atoms with Crippen molar-refractivity contribution in [3.8, 4) is 0 Å². The van der Waals surface area contributed by atoms with E-state index in [9.17, 15) is 4.79 Å². The highest BCUT2D eigenvalue weighted by molar-refractivity contribution is 5.68. The number of hydrogen-bond acceptors (Lipinski definition) is 4. The van der Waals surface area contributed by atoms with Crippen LogP contribution < -0.4 is 0 Å². The van der Waals surface area contributed by atoms with E-state index in [1.807, 2.05) is 35.2 Å². The van der Waals surface area contributed by atoms with E-state index in [-0.39, 0.29) is 35.8 Å². The number of azide groups is 1. The van der Waals surface area contributed by atoms with Crippen molar-refractivity contribution in [2.45, 2.75) is 116 Å². The van der Waals surface area contributed by atoms with Gasteiger partial charge in [-0.15, -0.1) is 0 Å². The Hall–Kier alpha value is -2.50. The van der Waals surface area contributed by atoms with Gasteiger partial charge in [0.2, 0.25) is 0 Å². The number of rotatable bonds is 3. The molecule has 7 nitrogen and oxygen atoms in total. The molecule has 226 valence electrons. The van der Waals surface area contributed by atoms with E-state index >= 15 is 0 Å². The van der Waals surface area contributed by atoms with Gasteiger partial charge in [-0.05, 0) is 116 Å². The van der Waals surface area contributed by atoms with Gasteiger partial charge < -0.3 is 14.4 Å². The molecule has 0 N–H and O–H groups in total. The summed E-state index contributed by atoms with van der Waals surface area (Å²) in [5.41, 5.74) is 13.3. The van der Waals surface area contributed by atoms with Crippen molar-refractivity contribution in [3.63, 3.8) is 0 Å². The lowest BCUT2D eigenvalue weighted by molar-refractivity contribution is -0.0665. The van der Waals surface area contributed by atoms with E-state index in [4.69, 9.17) is 15.0 Å². The zero-order chi connectivity index (χ0) is 29.2. The molecule has 11 atom stereocenters. The number of carbonyl (C=O) groups excluding carboxylic acids is 1. The fourth-order valence-corrected chi connectivity index (χ4v) is 11.1. The van der Waals surface area contributed by atoms with Crippen LogP contribution in [0, 0.1) is 40.9 Å². The zero-order valence-electron chi connectivity index (χ0n) is 25.9. The fraction of sp³-hybridized carbons (Fsp3) is 0.743. The summed E-state index contributed by atoms with van der Waals surface area (Å²) in [6.45, 7) is 10.6. The van der Waals surface area contributed by atoms with Crippen LogP contribution in [0.4, 0.5) is 4.79 Å². The molecule has 1 aromatic carbocycles. The summed E-state index contributed by atoms with van der Waals surface area (Å²) in [4.78, 5) is 18.7. The van der Waals surface area contributed by atoms with Crippen molar-refractivity contribution < 1.29 is 14.3 Å². The van der Waals surface area contributed by atoms with Gasteiger partial charge in [0.1, 0.15) is 6.61 Å². The van der Waals surface area contributed by atoms with Crippen molar-refractivity contribution in [1.82, 2.24) is 4.90 Å². The number of carbonyl (C=O) groups is 1. The third-order valence-electron chi connectivity index (χ3n) is 13.2. The summed E-state index contributed by atoms with van der Waals surface area (Å²) in [5, 5.41) is 4.14. The molecular formula is C35H48N4O3. The van der Waals surface area contributed by atoms with Gasteiger partial charge in [0.15, 0.2) is 0 Å². The number of likely N-dealkylation sites (tertiary alicyclic amines) is 1. The summed E-state index contributed by atoms with van der Waals surface area (Å²) in [5.74, 6) is 3.45. The number of piperidine rings is 1. The van der Waals surface area contributed by atoms with Crippen molar-refractivity contribution in [2.75, 3.05) is 6.54 Å². The average molecular weight is 573 g/mol. The second-order valence-electron chi connectivity index (χ2n) is 15.0. The van der Waals surface area contributed by atoms with Gasteiger partial charge in [-0.3, -0.25) is 0 Å². The third-order valence-corrected chi connectivity index (χ3v) is 13.2. The van der Waals surface area contributed by atoms with Gasteiger partial charge in [0.25, 0.3) is 0 Å². The zero-order valence-corrected chi connectivity index (χ0v) is 25.9. The topological polar surface area (TPSA) is 87.5 Å². The summed E-state index contributed by atoms with van der Waals surface area (Å²) in [6.07, 6.45) is 10.2. The Balaban J connectivity index is 1.13. The van der Waals surface area contributed by atoms with Crippen LogP contribution in [0.15, 0.2) is 46.6 Å². The predicted molar refractivity (Wildman–Crippen MR) is 162 cm³/mol. The molecule has 2 saturated heterocycles. The summed E-state index contributed by atoms with van der Waals surface area (Å²) in [6, 6.07) is 10.2. The number of amides is 1. The van der Waals surface area contributed by atoms with E-state index < -0.39 is 0 Å². The van der Waals surface area contributed by atoms with Gasteiger partial charge in [-0.2, -0.15) is 0 Å².